The van der Waals surface area contributed by atoms with Crippen LogP contribution in [0, 0.1) is 0 Å². The summed E-state index contributed by atoms with van der Waals surface area (Å²) in [5.41, 5.74) is 2.84. The monoisotopic (exact) mass is 107 g/mol. The molecule has 0 heterocycles. The van der Waals surface area contributed by atoms with Gasteiger partial charge in [-0.3, -0.25) is 5.73 Å². The Morgan fingerprint density at radius 2 is 1.71 bits per heavy atom. The van der Waals surface area contributed by atoms with Crippen LogP contribution in [0.3, 0.4) is 0 Å². The SMILES string of the molecule is C[C@@](N)(O)C(O)O. The normalized spacial score (nSPS) is 19.7. The average molecular weight is 107 g/mol. The van der Waals surface area contributed by atoms with Crippen LogP contribution in [0.2, 0.25) is 0 Å². The summed E-state index contributed by atoms with van der Waals surface area (Å²) < 4.78 is 0. The van der Waals surface area contributed by atoms with Crippen molar-refractivity contribution in [1.82, 2.24) is 0 Å². The Morgan fingerprint density at radius 3 is 1.71 bits per heavy atom. The number of aliphatic hydroxyl groups excluding tert-OH is 1. The zero-order chi connectivity index (χ0) is 6.08. The van der Waals surface area contributed by atoms with E-state index < -0.39 is 12.0 Å². The van der Waals surface area contributed by atoms with Crippen molar-refractivity contribution in [3.05, 3.63) is 0 Å². The summed E-state index contributed by atoms with van der Waals surface area (Å²) in [5.74, 6) is 0. The van der Waals surface area contributed by atoms with E-state index in [9.17, 15) is 0 Å². The molecule has 0 aromatic rings. The molecule has 0 radical (unpaired) electrons. The third-order valence-electron chi connectivity index (χ3n) is 0.523. The quantitative estimate of drug-likeness (QED) is 0.291. The highest BCUT2D eigenvalue weighted by Gasteiger charge is 2.21. The van der Waals surface area contributed by atoms with Crippen LogP contribution in [0.4, 0.5) is 0 Å². The lowest BCUT2D eigenvalue weighted by atomic mass is 10.3. The summed E-state index contributed by atoms with van der Waals surface area (Å²) in [6.07, 6.45) is -1.87. The van der Waals surface area contributed by atoms with E-state index in [0.717, 1.165) is 6.92 Å². The van der Waals surface area contributed by atoms with Gasteiger partial charge in [0.25, 0.3) is 0 Å². The van der Waals surface area contributed by atoms with Gasteiger partial charge in [0.2, 0.25) is 0 Å². The van der Waals surface area contributed by atoms with Crippen molar-refractivity contribution in [2.45, 2.75) is 18.9 Å². The molecule has 0 aromatic carbocycles. The second kappa shape index (κ2) is 1.75. The van der Waals surface area contributed by atoms with Gasteiger partial charge in [-0.05, 0) is 6.92 Å². The highest BCUT2D eigenvalue weighted by molar-refractivity contribution is 4.62. The van der Waals surface area contributed by atoms with E-state index in [1.165, 1.54) is 0 Å². The van der Waals surface area contributed by atoms with Gasteiger partial charge in [-0.1, -0.05) is 0 Å². The first-order valence-electron chi connectivity index (χ1n) is 1.82. The van der Waals surface area contributed by atoms with Gasteiger partial charge in [0, 0.05) is 0 Å². The van der Waals surface area contributed by atoms with E-state index in [1.54, 1.807) is 0 Å². The molecule has 0 fully saturated rings. The summed E-state index contributed by atoms with van der Waals surface area (Å²) in [5, 5.41) is 24.5. The van der Waals surface area contributed by atoms with Crippen molar-refractivity contribution in [2.75, 3.05) is 0 Å². The molecule has 0 aliphatic rings. The van der Waals surface area contributed by atoms with Crippen LogP contribution in [0.25, 0.3) is 0 Å². The first-order chi connectivity index (χ1) is 2.94. The zero-order valence-electron chi connectivity index (χ0n) is 4.00. The highest BCUT2D eigenvalue weighted by Crippen LogP contribution is 1.94. The molecular formula is C3H9NO3. The van der Waals surface area contributed by atoms with E-state index in [2.05, 4.69) is 0 Å². The summed E-state index contributed by atoms with van der Waals surface area (Å²) in [6, 6.07) is 0. The maximum Gasteiger partial charge on any atom is 0.194 e. The summed E-state index contributed by atoms with van der Waals surface area (Å²) >= 11 is 0. The van der Waals surface area contributed by atoms with Gasteiger partial charge < -0.3 is 15.3 Å². The second-order valence-corrected chi connectivity index (χ2v) is 1.60. The first kappa shape index (κ1) is 6.84. The lowest BCUT2D eigenvalue weighted by Crippen LogP contribution is -2.47. The summed E-state index contributed by atoms with van der Waals surface area (Å²) in [7, 11) is 0. The molecule has 0 saturated carbocycles. The van der Waals surface area contributed by atoms with E-state index in [-0.39, 0.29) is 0 Å². The maximum atomic E-state index is 8.37. The third-order valence-corrected chi connectivity index (χ3v) is 0.523. The Labute approximate surface area is 41.2 Å². The molecule has 0 aromatic heterocycles. The fourth-order valence-electron chi connectivity index (χ4n) is 0. The van der Waals surface area contributed by atoms with Crippen LogP contribution < -0.4 is 5.73 Å². The van der Waals surface area contributed by atoms with Gasteiger partial charge in [-0.15, -0.1) is 0 Å². The molecule has 0 saturated heterocycles. The molecule has 0 amide bonds. The van der Waals surface area contributed by atoms with Gasteiger partial charge in [0.05, 0.1) is 0 Å². The molecule has 0 bridgehead atoms. The fourth-order valence-corrected chi connectivity index (χ4v) is 0. The Morgan fingerprint density at radius 1 is 1.57 bits per heavy atom. The average Bonchev–Trinajstić information content (AvgIpc) is 1.31. The third kappa shape index (κ3) is 2.52. The zero-order valence-corrected chi connectivity index (χ0v) is 4.00. The van der Waals surface area contributed by atoms with Crippen molar-refractivity contribution in [3.8, 4) is 0 Å². The van der Waals surface area contributed by atoms with E-state index in [1.807, 2.05) is 0 Å². The Kier molecular flexibility index (Phi) is 1.71. The Balaban J connectivity index is 3.54. The Bertz CT molecular complexity index is 55.7. The fraction of sp³-hybridized carbons (Fsp3) is 1.00. The molecule has 0 aliphatic carbocycles. The molecule has 7 heavy (non-hydrogen) atoms. The van der Waals surface area contributed by atoms with Crippen molar-refractivity contribution < 1.29 is 15.3 Å². The predicted molar refractivity (Wildman–Crippen MR) is 23.0 cm³/mol. The molecule has 0 spiro atoms. The Hall–Kier alpha value is -0.160. The molecule has 5 N–H and O–H groups in total. The van der Waals surface area contributed by atoms with E-state index >= 15 is 0 Å². The van der Waals surface area contributed by atoms with Gasteiger partial charge in [-0.25, -0.2) is 0 Å². The van der Waals surface area contributed by atoms with Crippen molar-refractivity contribution in [2.24, 2.45) is 5.73 Å². The molecule has 0 unspecified atom stereocenters. The smallest absolute Gasteiger partial charge is 0.194 e. The molecule has 4 nitrogen and oxygen atoms in total. The van der Waals surface area contributed by atoms with Crippen LogP contribution >= 0.6 is 0 Å². The van der Waals surface area contributed by atoms with Crippen LogP contribution in [0.15, 0.2) is 0 Å². The minimum absolute atomic E-state index is 1.09. The van der Waals surface area contributed by atoms with Crippen LogP contribution in [-0.2, 0) is 0 Å². The molecule has 4 heteroatoms. The van der Waals surface area contributed by atoms with E-state index in [0.29, 0.717) is 0 Å². The van der Waals surface area contributed by atoms with Gasteiger partial charge in [-0.2, -0.15) is 0 Å². The maximum absolute atomic E-state index is 8.37. The molecule has 1 atom stereocenters. The van der Waals surface area contributed by atoms with Crippen molar-refractivity contribution in [3.63, 3.8) is 0 Å². The molecule has 0 aliphatic heterocycles. The molecule has 44 valence electrons. The van der Waals surface area contributed by atoms with Gasteiger partial charge in [0.1, 0.15) is 0 Å². The number of hydrogen-bond acceptors (Lipinski definition) is 4. The van der Waals surface area contributed by atoms with Crippen molar-refractivity contribution in [1.29, 1.82) is 0 Å². The number of rotatable bonds is 1. The van der Waals surface area contributed by atoms with Gasteiger partial charge in [0.15, 0.2) is 12.0 Å². The highest BCUT2D eigenvalue weighted by atomic mass is 16.5. The summed E-state index contributed by atoms with van der Waals surface area (Å²) in [4.78, 5) is 0. The van der Waals surface area contributed by atoms with Crippen LogP contribution in [0.1, 0.15) is 6.92 Å². The molecule has 0 rings (SSSR count). The topological polar surface area (TPSA) is 86.7 Å². The molecular weight excluding hydrogens is 98.0 g/mol. The number of nitrogens with two attached hydrogens (primary N) is 1. The van der Waals surface area contributed by atoms with Gasteiger partial charge >= 0.3 is 0 Å². The number of aliphatic hydroxyl groups is 3. The second-order valence-electron chi connectivity index (χ2n) is 1.60. The minimum Gasteiger partial charge on any atom is -0.371 e. The van der Waals surface area contributed by atoms with Crippen LogP contribution in [-0.4, -0.2) is 27.3 Å². The van der Waals surface area contributed by atoms with Crippen molar-refractivity contribution >= 4 is 0 Å². The number of hydrogen-bond donors (Lipinski definition) is 4. The lowest BCUT2D eigenvalue weighted by molar-refractivity contribution is -0.172. The minimum atomic E-state index is -1.89. The lowest BCUT2D eigenvalue weighted by Gasteiger charge is -2.18. The summed E-state index contributed by atoms with van der Waals surface area (Å²) in [6.45, 7) is 1.09. The van der Waals surface area contributed by atoms with E-state index in [4.69, 9.17) is 21.1 Å². The predicted octanol–water partition coefficient (Wildman–Crippen LogP) is -2.04. The first-order valence-corrected chi connectivity index (χ1v) is 1.82. The van der Waals surface area contributed by atoms with Crippen LogP contribution in [0.5, 0.6) is 0 Å². The standard InChI is InChI=1S/C3H9NO3/c1-3(4,7)2(5)6/h2,5-7H,4H2,1H3/t3-/m1/s1. The largest absolute Gasteiger partial charge is 0.371 e.